The van der Waals surface area contributed by atoms with Crippen LogP contribution < -0.4 is 4.57 Å². The summed E-state index contributed by atoms with van der Waals surface area (Å²) in [6.45, 7) is 3.38. The summed E-state index contributed by atoms with van der Waals surface area (Å²) < 4.78 is 120. The molecule has 1 aromatic carbocycles. The van der Waals surface area contributed by atoms with Crippen LogP contribution >= 0.6 is 23.2 Å². The van der Waals surface area contributed by atoms with Crippen molar-refractivity contribution in [2.24, 2.45) is 0 Å². The molecule has 0 N–H and O–H groups in total. The molecule has 222 valence electrons. The Morgan fingerprint density at radius 3 is 1.72 bits per heavy atom. The highest BCUT2D eigenvalue weighted by Crippen LogP contribution is 2.54. The molecule has 0 amide bonds. The first-order valence-electron chi connectivity index (χ1n) is 12.7. The van der Waals surface area contributed by atoms with E-state index in [4.69, 9.17) is 23.2 Å². The molecule has 0 saturated carbocycles. The summed E-state index contributed by atoms with van der Waals surface area (Å²) in [5.74, 6) is -17.7. The van der Waals surface area contributed by atoms with E-state index in [1.54, 1.807) is 18.2 Å². The topological polar surface area (TPSA) is 8.81 Å². The smallest absolute Gasteiger partial charge is 0.234 e. The van der Waals surface area contributed by atoms with Crippen molar-refractivity contribution in [1.82, 2.24) is 4.57 Å². The Bertz CT molecular complexity index is 1030. The maximum atomic E-state index is 13.5. The van der Waals surface area contributed by atoms with Crippen molar-refractivity contribution < 1.29 is 44.1 Å². The number of aromatic nitrogens is 2. The minimum Gasteiger partial charge on any atom is -0.234 e. The van der Waals surface area contributed by atoms with Crippen molar-refractivity contribution in [3.05, 3.63) is 52.0 Å². The molecule has 1 aromatic heterocycles. The fourth-order valence-corrected chi connectivity index (χ4v) is 4.75. The third-order valence-electron chi connectivity index (χ3n) is 6.75. The van der Waals surface area contributed by atoms with Gasteiger partial charge >= 0.3 is 23.9 Å². The lowest BCUT2D eigenvalue weighted by molar-refractivity contribution is -0.693. The molecule has 2 aromatic rings. The van der Waals surface area contributed by atoms with Crippen molar-refractivity contribution in [1.29, 1.82) is 0 Å². The lowest BCUT2D eigenvalue weighted by atomic mass is 9.97. The number of hydrogen-bond donors (Lipinski definition) is 0. The average molecular weight is 614 g/mol. The molecule has 0 fully saturated rings. The summed E-state index contributed by atoms with van der Waals surface area (Å²) in [6, 6.07) is 5.38. The SMILES string of the molecule is Cc1n(CCCCCCCCCCCC(F)(F)C(F)(F)C(F)(F)C(F)(F)F)cc[n+]1Cc1c(Cl)cccc1Cl. The number of nitrogens with zero attached hydrogens (tertiary/aromatic N) is 2. The van der Waals surface area contributed by atoms with Crippen LogP contribution in [0.5, 0.6) is 0 Å². The number of imidazole rings is 1. The maximum absolute atomic E-state index is 13.5. The van der Waals surface area contributed by atoms with Crippen LogP contribution in [0.1, 0.15) is 75.6 Å². The van der Waals surface area contributed by atoms with Gasteiger partial charge in [-0.1, -0.05) is 67.8 Å². The zero-order chi connectivity index (χ0) is 29.5. The van der Waals surface area contributed by atoms with Crippen molar-refractivity contribution in [2.45, 2.75) is 108 Å². The van der Waals surface area contributed by atoms with Gasteiger partial charge in [0.05, 0.1) is 6.54 Å². The average Bonchev–Trinajstić information content (AvgIpc) is 3.17. The zero-order valence-electron chi connectivity index (χ0n) is 21.4. The summed E-state index contributed by atoms with van der Waals surface area (Å²) in [5.41, 5.74) is 0.848. The first-order valence-corrected chi connectivity index (χ1v) is 13.5. The van der Waals surface area contributed by atoms with E-state index in [1.807, 2.05) is 19.3 Å². The molecular formula is C26H32Cl2F9N2+. The molecule has 0 spiro atoms. The monoisotopic (exact) mass is 613 g/mol. The van der Waals surface area contributed by atoms with Crippen molar-refractivity contribution in [3.8, 4) is 0 Å². The molecule has 0 saturated heterocycles. The minimum atomic E-state index is -6.81. The van der Waals surface area contributed by atoms with Crippen LogP contribution in [0, 0.1) is 6.92 Å². The summed E-state index contributed by atoms with van der Waals surface area (Å²) in [7, 11) is 0. The van der Waals surface area contributed by atoms with Gasteiger partial charge in [0.15, 0.2) is 0 Å². The highest BCUT2D eigenvalue weighted by Gasteiger charge is 2.81. The predicted octanol–water partition coefficient (Wildman–Crippen LogP) is 9.81. The second-order valence-electron chi connectivity index (χ2n) is 9.65. The van der Waals surface area contributed by atoms with Crippen LogP contribution in [-0.2, 0) is 13.1 Å². The standard InChI is InChI=1S/C26H32Cl2F9N2/c1-19-38(16-17-39(19)18-20-21(27)12-11-13-22(20)28)15-10-8-6-4-2-3-5-7-9-14-23(29,30)24(31,32)25(33,34)26(35,36)37/h11-13,16-17H,2-10,14-15,18H2,1H3/q+1. The van der Waals surface area contributed by atoms with E-state index in [-0.39, 0.29) is 6.42 Å². The van der Waals surface area contributed by atoms with Crippen LogP contribution in [0.4, 0.5) is 39.5 Å². The molecule has 0 radical (unpaired) electrons. The summed E-state index contributed by atoms with van der Waals surface area (Å²) in [5, 5.41) is 1.21. The molecule has 0 unspecified atom stereocenters. The van der Waals surface area contributed by atoms with E-state index >= 15 is 0 Å². The Kier molecular flexibility index (Phi) is 11.9. The molecule has 13 heteroatoms. The molecule has 0 atom stereocenters. The van der Waals surface area contributed by atoms with Gasteiger partial charge in [0, 0.05) is 29.0 Å². The predicted molar refractivity (Wildman–Crippen MR) is 132 cm³/mol. The van der Waals surface area contributed by atoms with E-state index in [0.29, 0.717) is 29.4 Å². The first-order chi connectivity index (χ1) is 18.0. The summed E-state index contributed by atoms with van der Waals surface area (Å²) in [4.78, 5) is 0. The van der Waals surface area contributed by atoms with Gasteiger partial charge in [-0.2, -0.15) is 39.5 Å². The van der Waals surface area contributed by atoms with Gasteiger partial charge in [0.1, 0.15) is 18.9 Å². The quantitative estimate of drug-likeness (QED) is 0.101. The lowest BCUT2D eigenvalue weighted by Gasteiger charge is -2.33. The lowest BCUT2D eigenvalue weighted by Crippen LogP contribution is -2.60. The van der Waals surface area contributed by atoms with Gasteiger partial charge in [0.2, 0.25) is 0 Å². The highest BCUT2D eigenvalue weighted by molar-refractivity contribution is 6.35. The number of benzene rings is 1. The molecular weight excluding hydrogens is 582 g/mol. The number of unbranched alkanes of at least 4 members (excludes halogenated alkanes) is 8. The van der Waals surface area contributed by atoms with Crippen LogP contribution in [0.25, 0.3) is 0 Å². The number of aryl methyl sites for hydroxylation is 1. The van der Waals surface area contributed by atoms with Crippen molar-refractivity contribution >= 4 is 23.2 Å². The Balaban J connectivity index is 1.60. The van der Waals surface area contributed by atoms with Gasteiger partial charge in [0.25, 0.3) is 5.82 Å². The molecule has 0 bridgehead atoms. The number of rotatable bonds is 16. The molecule has 39 heavy (non-hydrogen) atoms. The summed E-state index contributed by atoms with van der Waals surface area (Å²) >= 11 is 12.5. The second kappa shape index (κ2) is 13.8. The third-order valence-corrected chi connectivity index (χ3v) is 7.46. The Labute approximate surface area is 232 Å². The largest absolute Gasteiger partial charge is 0.460 e. The van der Waals surface area contributed by atoms with Gasteiger partial charge in [-0.15, -0.1) is 0 Å². The number of halogens is 11. The molecule has 2 nitrogen and oxygen atoms in total. The van der Waals surface area contributed by atoms with Crippen molar-refractivity contribution in [2.75, 3.05) is 0 Å². The fourth-order valence-electron chi connectivity index (χ4n) is 4.23. The zero-order valence-corrected chi connectivity index (χ0v) is 22.9. The number of alkyl halides is 9. The van der Waals surface area contributed by atoms with E-state index < -0.39 is 36.8 Å². The fraction of sp³-hybridized carbons (Fsp3) is 0.654. The van der Waals surface area contributed by atoms with Gasteiger partial charge in [-0.25, -0.2) is 9.13 Å². The third kappa shape index (κ3) is 8.44. The molecule has 0 aliphatic carbocycles. The molecule has 0 aliphatic heterocycles. The summed E-state index contributed by atoms with van der Waals surface area (Å²) in [6.07, 6.45) is 0.426. The van der Waals surface area contributed by atoms with Gasteiger partial charge < -0.3 is 0 Å². The van der Waals surface area contributed by atoms with E-state index in [1.165, 1.54) is 0 Å². The Morgan fingerprint density at radius 1 is 0.718 bits per heavy atom. The first kappa shape index (κ1) is 33.6. The Morgan fingerprint density at radius 2 is 1.21 bits per heavy atom. The number of hydrogen-bond acceptors (Lipinski definition) is 0. The van der Waals surface area contributed by atoms with E-state index in [0.717, 1.165) is 50.0 Å². The maximum Gasteiger partial charge on any atom is 0.460 e. The van der Waals surface area contributed by atoms with Crippen LogP contribution in [-0.4, -0.2) is 28.5 Å². The minimum absolute atomic E-state index is 0.0373. The second-order valence-corrected chi connectivity index (χ2v) is 10.5. The molecule has 0 aliphatic rings. The Hall–Kier alpha value is -1.62. The van der Waals surface area contributed by atoms with Crippen molar-refractivity contribution in [3.63, 3.8) is 0 Å². The van der Waals surface area contributed by atoms with E-state index in [2.05, 4.69) is 9.13 Å². The van der Waals surface area contributed by atoms with Crippen LogP contribution in [0.2, 0.25) is 10.0 Å². The van der Waals surface area contributed by atoms with Gasteiger partial charge in [-0.05, 0) is 31.4 Å². The van der Waals surface area contributed by atoms with Gasteiger partial charge in [-0.3, -0.25) is 0 Å². The van der Waals surface area contributed by atoms with Crippen LogP contribution in [0.15, 0.2) is 30.6 Å². The highest BCUT2D eigenvalue weighted by atomic mass is 35.5. The van der Waals surface area contributed by atoms with Crippen LogP contribution in [0.3, 0.4) is 0 Å². The molecule has 1 heterocycles. The molecule has 2 rings (SSSR count). The van der Waals surface area contributed by atoms with E-state index in [9.17, 15) is 39.5 Å². The normalized spacial score (nSPS) is 13.3.